The van der Waals surface area contributed by atoms with Crippen LogP contribution in [0.4, 0.5) is 0 Å². The van der Waals surface area contributed by atoms with Crippen molar-refractivity contribution < 1.29 is 23.9 Å². The molecule has 1 unspecified atom stereocenters. The van der Waals surface area contributed by atoms with Crippen LogP contribution in [-0.2, 0) is 14.3 Å². The summed E-state index contributed by atoms with van der Waals surface area (Å²) in [6.45, 7) is 7.50. The van der Waals surface area contributed by atoms with Crippen molar-refractivity contribution in [1.29, 1.82) is 0 Å². The lowest BCUT2D eigenvalue weighted by Gasteiger charge is -2.35. The third kappa shape index (κ3) is 6.73. The van der Waals surface area contributed by atoms with Crippen LogP contribution in [0.25, 0.3) is 0 Å². The number of nitrogens with zero attached hydrogens (tertiary/aromatic N) is 1. The monoisotopic (exact) mass is 468 g/mol. The number of hydrogen-bond acceptors (Lipinski definition) is 5. The lowest BCUT2D eigenvalue weighted by atomic mass is 10.1. The molecule has 1 saturated heterocycles. The van der Waals surface area contributed by atoms with E-state index in [2.05, 4.69) is 21.2 Å². The van der Waals surface area contributed by atoms with Gasteiger partial charge < -0.3 is 19.7 Å². The number of halogens is 1. The Balaban J connectivity index is 2.17. The van der Waals surface area contributed by atoms with Gasteiger partial charge in [-0.05, 0) is 37.0 Å². The average Bonchev–Trinajstić information content (AvgIpc) is 2.67. The molecule has 2 rings (SSSR count). The molecule has 0 aromatic heterocycles. The van der Waals surface area contributed by atoms with Crippen LogP contribution in [-0.4, -0.2) is 55.0 Å². The van der Waals surface area contributed by atoms with Gasteiger partial charge in [0.25, 0.3) is 5.91 Å². The molecule has 7 nitrogen and oxygen atoms in total. The first-order valence-electron chi connectivity index (χ1n) is 10.00. The van der Waals surface area contributed by atoms with Gasteiger partial charge in [-0.2, -0.15) is 0 Å². The molecule has 2 amide bonds. The van der Waals surface area contributed by atoms with E-state index in [0.717, 1.165) is 17.3 Å². The Bertz CT molecular complexity index is 738. The van der Waals surface area contributed by atoms with Crippen molar-refractivity contribution in [3.8, 4) is 5.75 Å². The molecular formula is C21H29BrN2O5. The molecule has 1 aliphatic heterocycles. The van der Waals surface area contributed by atoms with E-state index in [4.69, 9.17) is 9.47 Å². The first-order chi connectivity index (χ1) is 13.8. The number of rotatable bonds is 9. The third-order valence-corrected chi connectivity index (χ3v) is 5.04. The molecule has 1 aliphatic rings. The molecule has 1 atom stereocenters. The smallest absolute Gasteiger partial charge is 0.308 e. The van der Waals surface area contributed by atoms with Gasteiger partial charge in [0.15, 0.2) is 0 Å². The van der Waals surface area contributed by atoms with Gasteiger partial charge in [-0.25, -0.2) is 0 Å². The van der Waals surface area contributed by atoms with Crippen molar-refractivity contribution in [1.82, 2.24) is 10.2 Å². The van der Waals surface area contributed by atoms with Gasteiger partial charge in [-0.15, -0.1) is 0 Å². The Morgan fingerprint density at radius 1 is 1.31 bits per heavy atom. The van der Waals surface area contributed by atoms with Crippen molar-refractivity contribution in [2.45, 2.75) is 46.1 Å². The second-order valence-corrected chi connectivity index (χ2v) is 8.32. The Labute approximate surface area is 180 Å². The van der Waals surface area contributed by atoms with Crippen LogP contribution in [0, 0.1) is 5.92 Å². The van der Waals surface area contributed by atoms with Crippen molar-refractivity contribution in [2.75, 3.05) is 26.3 Å². The first kappa shape index (κ1) is 23.2. The van der Waals surface area contributed by atoms with E-state index in [1.54, 1.807) is 18.2 Å². The quantitative estimate of drug-likeness (QED) is 0.562. The van der Waals surface area contributed by atoms with Gasteiger partial charge in [0.2, 0.25) is 5.91 Å². The predicted octanol–water partition coefficient (Wildman–Crippen LogP) is 3.16. The highest BCUT2D eigenvalue weighted by Gasteiger charge is 2.36. The zero-order valence-electron chi connectivity index (χ0n) is 17.2. The van der Waals surface area contributed by atoms with Crippen LogP contribution in [0.15, 0.2) is 22.7 Å². The van der Waals surface area contributed by atoms with Gasteiger partial charge in [0.1, 0.15) is 11.8 Å². The van der Waals surface area contributed by atoms with Crippen LogP contribution < -0.4 is 10.1 Å². The molecule has 0 aliphatic carbocycles. The maximum absolute atomic E-state index is 13.3. The number of piperazine rings is 1. The topological polar surface area (TPSA) is 84.9 Å². The van der Waals surface area contributed by atoms with Crippen LogP contribution in [0.3, 0.4) is 0 Å². The van der Waals surface area contributed by atoms with E-state index in [1.165, 1.54) is 4.90 Å². The minimum absolute atomic E-state index is 0.172. The molecule has 0 spiro atoms. The molecule has 1 aromatic carbocycles. The summed E-state index contributed by atoms with van der Waals surface area (Å²) in [5, 5.41) is 2.73. The summed E-state index contributed by atoms with van der Waals surface area (Å²) in [6.07, 6.45) is 1.39. The number of nitrogens with one attached hydrogen (secondary N) is 1. The SMILES string of the molecule is CCCOc1ccc(Br)cc1C(=O)N1CCNC(=O)C1CC(=O)OCCC(C)C. The van der Waals surface area contributed by atoms with E-state index < -0.39 is 12.0 Å². The molecule has 8 heteroatoms. The Kier molecular flexibility index (Phi) is 8.95. The van der Waals surface area contributed by atoms with E-state index in [9.17, 15) is 14.4 Å². The molecule has 29 heavy (non-hydrogen) atoms. The zero-order valence-corrected chi connectivity index (χ0v) is 18.8. The van der Waals surface area contributed by atoms with Crippen molar-refractivity contribution in [3.63, 3.8) is 0 Å². The third-order valence-electron chi connectivity index (χ3n) is 4.54. The summed E-state index contributed by atoms with van der Waals surface area (Å²) in [5.74, 6) is -0.299. The van der Waals surface area contributed by atoms with Crippen molar-refractivity contribution in [2.24, 2.45) is 5.92 Å². The number of hydrogen-bond donors (Lipinski definition) is 1. The second kappa shape index (κ2) is 11.2. The minimum atomic E-state index is -0.902. The molecule has 0 saturated carbocycles. The highest BCUT2D eigenvalue weighted by molar-refractivity contribution is 9.10. The van der Waals surface area contributed by atoms with Gasteiger partial charge >= 0.3 is 5.97 Å². The summed E-state index contributed by atoms with van der Waals surface area (Å²) >= 11 is 3.38. The fraction of sp³-hybridized carbons (Fsp3) is 0.571. The highest BCUT2D eigenvalue weighted by Crippen LogP contribution is 2.26. The Morgan fingerprint density at radius 2 is 2.07 bits per heavy atom. The summed E-state index contributed by atoms with van der Waals surface area (Å²) in [4.78, 5) is 39.4. The molecule has 1 heterocycles. The van der Waals surface area contributed by atoms with Gasteiger partial charge in [0, 0.05) is 17.6 Å². The lowest BCUT2D eigenvalue weighted by molar-refractivity contribution is -0.148. The molecule has 0 bridgehead atoms. The zero-order chi connectivity index (χ0) is 21.4. The number of benzene rings is 1. The predicted molar refractivity (Wildman–Crippen MR) is 113 cm³/mol. The van der Waals surface area contributed by atoms with Crippen LogP contribution >= 0.6 is 15.9 Å². The lowest BCUT2D eigenvalue weighted by Crippen LogP contribution is -2.57. The van der Waals surface area contributed by atoms with Crippen molar-refractivity contribution >= 4 is 33.7 Å². The second-order valence-electron chi connectivity index (χ2n) is 7.40. The summed E-state index contributed by atoms with van der Waals surface area (Å²) in [7, 11) is 0. The van der Waals surface area contributed by atoms with E-state index in [-0.39, 0.29) is 18.2 Å². The molecule has 1 N–H and O–H groups in total. The van der Waals surface area contributed by atoms with E-state index in [0.29, 0.717) is 43.5 Å². The van der Waals surface area contributed by atoms with Crippen molar-refractivity contribution in [3.05, 3.63) is 28.2 Å². The van der Waals surface area contributed by atoms with Crippen LogP contribution in [0.2, 0.25) is 0 Å². The number of amides is 2. The molecule has 160 valence electrons. The average molecular weight is 469 g/mol. The summed E-state index contributed by atoms with van der Waals surface area (Å²) < 4.78 is 11.7. The number of ether oxygens (including phenoxy) is 2. The maximum atomic E-state index is 13.3. The highest BCUT2D eigenvalue weighted by atomic mass is 79.9. The van der Waals surface area contributed by atoms with Gasteiger partial charge in [-0.3, -0.25) is 14.4 Å². The van der Waals surface area contributed by atoms with Gasteiger partial charge in [0.05, 0.1) is 25.2 Å². The molecular weight excluding hydrogens is 440 g/mol. The normalized spacial score (nSPS) is 16.5. The standard InChI is InChI=1S/C21H29BrN2O5/c1-4-10-28-18-6-5-15(22)12-16(18)21(27)24-9-8-23-20(26)17(24)13-19(25)29-11-7-14(2)3/h5-6,12,14,17H,4,7-11,13H2,1-3H3,(H,23,26). The van der Waals surface area contributed by atoms with Gasteiger partial charge in [-0.1, -0.05) is 36.7 Å². The fourth-order valence-electron chi connectivity index (χ4n) is 2.95. The summed E-state index contributed by atoms with van der Waals surface area (Å²) in [5.41, 5.74) is 0.362. The van der Waals surface area contributed by atoms with E-state index >= 15 is 0 Å². The largest absolute Gasteiger partial charge is 0.493 e. The van der Waals surface area contributed by atoms with E-state index in [1.807, 2.05) is 20.8 Å². The van der Waals surface area contributed by atoms with Crippen LogP contribution in [0.1, 0.15) is 50.4 Å². The molecule has 0 radical (unpaired) electrons. The number of esters is 1. The maximum Gasteiger partial charge on any atom is 0.308 e. The Morgan fingerprint density at radius 3 is 2.76 bits per heavy atom. The number of carbonyl (C=O) groups excluding carboxylic acids is 3. The Hall–Kier alpha value is -2.09. The fourth-order valence-corrected chi connectivity index (χ4v) is 3.31. The first-order valence-corrected chi connectivity index (χ1v) is 10.8. The molecule has 1 aromatic rings. The number of carbonyl (C=O) groups is 3. The minimum Gasteiger partial charge on any atom is -0.493 e. The van der Waals surface area contributed by atoms with Crippen LogP contribution in [0.5, 0.6) is 5.75 Å². The molecule has 1 fully saturated rings. The summed E-state index contributed by atoms with van der Waals surface area (Å²) in [6, 6.07) is 4.30.